The number of nitrogens with two attached hydrogens (primary N) is 1. The molecule has 0 fully saturated rings. The molecule has 0 amide bonds. The smallest absolute Gasteiger partial charge is 0.215 e. The van der Waals surface area contributed by atoms with E-state index in [1.54, 1.807) is 26.2 Å². The van der Waals surface area contributed by atoms with Crippen LogP contribution in [0.4, 0.5) is 0 Å². The summed E-state index contributed by atoms with van der Waals surface area (Å²) in [6.07, 6.45) is 0.763. The zero-order valence-corrected chi connectivity index (χ0v) is 12.1. The lowest BCUT2D eigenvalue weighted by Gasteiger charge is -2.19. The van der Waals surface area contributed by atoms with E-state index in [9.17, 15) is 8.42 Å². The van der Waals surface area contributed by atoms with Crippen LogP contribution in [0.25, 0.3) is 0 Å². The van der Waals surface area contributed by atoms with Gasteiger partial charge in [-0.1, -0.05) is 26.0 Å². The van der Waals surface area contributed by atoms with Gasteiger partial charge < -0.3 is 4.74 Å². The number of methoxy groups -OCH3 is 1. The third-order valence-corrected chi connectivity index (χ3v) is 4.17. The van der Waals surface area contributed by atoms with Crippen molar-refractivity contribution in [3.05, 3.63) is 29.3 Å². The Morgan fingerprint density at radius 3 is 2.33 bits per heavy atom. The van der Waals surface area contributed by atoms with Crippen LogP contribution in [-0.4, -0.2) is 15.5 Å². The van der Waals surface area contributed by atoms with E-state index < -0.39 is 15.3 Å². The largest absolute Gasteiger partial charge is 0.496 e. The van der Waals surface area contributed by atoms with E-state index in [0.717, 1.165) is 23.3 Å². The molecule has 0 aromatic heterocycles. The fraction of sp³-hybridized carbons (Fsp3) is 0.538. The van der Waals surface area contributed by atoms with Gasteiger partial charge in [-0.25, -0.2) is 13.6 Å². The molecule has 1 atom stereocenters. The Hall–Kier alpha value is -1.07. The summed E-state index contributed by atoms with van der Waals surface area (Å²) in [5.74, 6) is 1.13. The van der Waals surface area contributed by atoms with E-state index in [1.807, 2.05) is 6.07 Å². The lowest BCUT2D eigenvalue weighted by atomic mass is 9.95. The number of hydrogen-bond acceptors (Lipinski definition) is 3. The normalized spacial score (nSPS) is 13.7. The Kier molecular flexibility index (Phi) is 4.76. The van der Waals surface area contributed by atoms with Gasteiger partial charge in [0, 0.05) is 0 Å². The number of benzene rings is 1. The average molecular weight is 271 g/mol. The van der Waals surface area contributed by atoms with Crippen molar-refractivity contribution in [1.82, 2.24) is 0 Å². The molecule has 18 heavy (non-hydrogen) atoms. The molecule has 0 aliphatic heterocycles. The molecule has 0 spiro atoms. The zero-order chi connectivity index (χ0) is 13.9. The maximum atomic E-state index is 11.5. The summed E-state index contributed by atoms with van der Waals surface area (Å²) < 4.78 is 28.3. The van der Waals surface area contributed by atoms with Crippen LogP contribution >= 0.6 is 0 Å². The highest BCUT2D eigenvalue weighted by atomic mass is 32.2. The maximum Gasteiger partial charge on any atom is 0.215 e. The minimum Gasteiger partial charge on any atom is -0.496 e. The monoisotopic (exact) mass is 271 g/mol. The Morgan fingerprint density at radius 2 is 1.89 bits per heavy atom. The highest BCUT2D eigenvalue weighted by molar-refractivity contribution is 7.89. The quantitative estimate of drug-likeness (QED) is 0.893. The summed E-state index contributed by atoms with van der Waals surface area (Å²) in [6.45, 7) is 5.77. The van der Waals surface area contributed by atoms with Crippen LogP contribution in [0.3, 0.4) is 0 Å². The van der Waals surface area contributed by atoms with Crippen molar-refractivity contribution in [3.63, 3.8) is 0 Å². The van der Waals surface area contributed by atoms with E-state index in [1.165, 1.54) is 0 Å². The van der Waals surface area contributed by atoms with Gasteiger partial charge in [0.15, 0.2) is 0 Å². The van der Waals surface area contributed by atoms with E-state index in [-0.39, 0.29) is 0 Å². The molecule has 1 rings (SSSR count). The van der Waals surface area contributed by atoms with Crippen LogP contribution in [0.5, 0.6) is 5.75 Å². The lowest BCUT2D eigenvalue weighted by molar-refractivity contribution is 0.405. The molecule has 1 aromatic carbocycles. The van der Waals surface area contributed by atoms with Crippen LogP contribution in [0, 0.1) is 5.92 Å². The minimum absolute atomic E-state index is 0.410. The van der Waals surface area contributed by atoms with Crippen molar-refractivity contribution < 1.29 is 13.2 Å². The van der Waals surface area contributed by atoms with Gasteiger partial charge in [0.25, 0.3) is 0 Å². The molecule has 0 aliphatic rings. The summed E-state index contributed by atoms with van der Waals surface area (Å²) in [7, 11) is -2.01. The van der Waals surface area contributed by atoms with Gasteiger partial charge in [0.05, 0.1) is 12.4 Å². The zero-order valence-electron chi connectivity index (χ0n) is 11.3. The molecular formula is C13H21NO3S. The Morgan fingerprint density at radius 1 is 1.28 bits per heavy atom. The molecule has 0 aliphatic carbocycles. The summed E-state index contributed by atoms with van der Waals surface area (Å²) >= 11 is 0. The molecule has 0 bridgehead atoms. The number of hydrogen-bond donors (Lipinski definition) is 1. The minimum atomic E-state index is -3.59. The summed E-state index contributed by atoms with van der Waals surface area (Å²) in [4.78, 5) is 0. The Balaban J connectivity index is 3.34. The van der Waals surface area contributed by atoms with E-state index in [2.05, 4.69) is 13.8 Å². The second-order valence-electron chi connectivity index (χ2n) is 4.86. The molecule has 0 radical (unpaired) electrons. The van der Waals surface area contributed by atoms with Crippen molar-refractivity contribution in [3.8, 4) is 5.75 Å². The standard InChI is InChI=1S/C13H21NO3S/c1-9(2)8-12-11(10(3)18(14,15)16)6-5-7-13(12)17-4/h5-7,9-10H,8H2,1-4H3,(H2,14,15,16). The first-order chi connectivity index (χ1) is 8.27. The van der Waals surface area contributed by atoms with Crippen molar-refractivity contribution in [2.45, 2.75) is 32.4 Å². The first kappa shape index (κ1) is 15.0. The van der Waals surface area contributed by atoms with E-state index in [4.69, 9.17) is 9.88 Å². The molecule has 4 nitrogen and oxygen atoms in total. The average Bonchev–Trinajstić information content (AvgIpc) is 2.26. The fourth-order valence-corrected chi connectivity index (χ4v) is 2.53. The third kappa shape index (κ3) is 3.46. The first-order valence-corrected chi connectivity index (χ1v) is 7.55. The fourth-order valence-electron chi connectivity index (χ4n) is 1.96. The molecule has 1 aromatic rings. The van der Waals surface area contributed by atoms with Gasteiger partial charge in [-0.15, -0.1) is 0 Å². The number of ether oxygens (including phenoxy) is 1. The van der Waals surface area contributed by atoms with E-state index in [0.29, 0.717) is 5.92 Å². The predicted octanol–water partition coefficient (Wildman–Crippen LogP) is 2.24. The lowest BCUT2D eigenvalue weighted by Crippen LogP contribution is -2.21. The molecular weight excluding hydrogens is 250 g/mol. The van der Waals surface area contributed by atoms with Gasteiger partial charge in [-0.05, 0) is 36.5 Å². The van der Waals surface area contributed by atoms with Crippen LogP contribution in [0.2, 0.25) is 0 Å². The van der Waals surface area contributed by atoms with Gasteiger partial charge in [0.1, 0.15) is 5.75 Å². The maximum absolute atomic E-state index is 11.5. The second kappa shape index (κ2) is 5.71. The van der Waals surface area contributed by atoms with Crippen molar-refractivity contribution in [2.75, 3.05) is 7.11 Å². The van der Waals surface area contributed by atoms with Crippen molar-refractivity contribution >= 4 is 10.0 Å². The summed E-state index contributed by atoms with van der Waals surface area (Å²) in [5, 5.41) is 4.51. The van der Waals surface area contributed by atoms with Gasteiger partial charge in [-0.2, -0.15) is 0 Å². The van der Waals surface area contributed by atoms with Gasteiger partial charge in [0.2, 0.25) is 10.0 Å². The van der Waals surface area contributed by atoms with Gasteiger partial charge in [-0.3, -0.25) is 0 Å². The summed E-state index contributed by atoms with van der Waals surface area (Å²) in [5.41, 5.74) is 1.65. The molecule has 0 saturated carbocycles. The topological polar surface area (TPSA) is 69.4 Å². The van der Waals surface area contributed by atoms with Crippen LogP contribution < -0.4 is 9.88 Å². The van der Waals surface area contributed by atoms with Crippen LogP contribution in [0.1, 0.15) is 37.1 Å². The van der Waals surface area contributed by atoms with Crippen molar-refractivity contribution in [2.24, 2.45) is 11.1 Å². The predicted molar refractivity (Wildman–Crippen MR) is 73.1 cm³/mol. The van der Waals surface area contributed by atoms with Crippen LogP contribution in [-0.2, 0) is 16.4 Å². The molecule has 1 unspecified atom stereocenters. The SMILES string of the molecule is COc1cccc(C(C)S(N)(=O)=O)c1CC(C)C. The van der Waals surface area contributed by atoms with E-state index >= 15 is 0 Å². The highest BCUT2D eigenvalue weighted by Crippen LogP contribution is 2.31. The number of sulfonamides is 1. The molecule has 2 N–H and O–H groups in total. The second-order valence-corrected chi connectivity index (χ2v) is 6.74. The third-order valence-electron chi connectivity index (χ3n) is 2.93. The molecule has 102 valence electrons. The summed E-state index contributed by atoms with van der Waals surface area (Å²) in [6, 6.07) is 5.44. The Bertz CT molecular complexity index is 509. The number of rotatable bonds is 5. The van der Waals surface area contributed by atoms with Crippen molar-refractivity contribution in [1.29, 1.82) is 0 Å². The molecule has 0 heterocycles. The van der Waals surface area contributed by atoms with Gasteiger partial charge >= 0.3 is 0 Å². The molecule has 5 heteroatoms. The van der Waals surface area contributed by atoms with Crippen LogP contribution in [0.15, 0.2) is 18.2 Å². The Labute approximate surface area is 109 Å². The number of primary sulfonamides is 1. The first-order valence-electron chi connectivity index (χ1n) is 5.94. The molecule has 0 saturated heterocycles. The highest BCUT2D eigenvalue weighted by Gasteiger charge is 2.23.